The molecule has 0 aliphatic carbocycles. The van der Waals surface area contributed by atoms with Gasteiger partial charge in [0.1, 0.15) is 0 Å². The Bertz CT molecular complexity index is 955. The number of fused-ring (bicyclic) bond motifs is 1. The van der Waals surface area contributed by atoms with Gasteiger partial charge in [0.05, 0.1) is 24.1 Å². The van der Waals surface area contributed by atoms with E-state index in [-0.39, 0.29) is 22.8 Å². The fourth-order valence-corrected chi connectivity index (χ4v) is 7.18. The average molecular weight is 387 g/mol. The topological polar surface area (TPSA) is 49.7 Å². The van der Waals surface area contributed by atoms with Gasteiger partial charge in [-0.3, -0.25) is 4.99 Å². The molecule has 0 aromatic heterocycles. The van der Waals surface area contributed by atoms with E-state index < -0.39 is 9.84 Å². The van der Waals surface area contributed by atoms with Crippen LogP contribution in [-0.2, 0) is 16.4 Å². The summed E-state index contributed by atoms with van der Waals surface area (Å²) in [6.45, 7) is 4.95. The van der Waals surface area contributed by atoms with Crippen LogP contribution in [-0.4, -0.2) is 36.4 Å². The summed E-state index contributed by atoms with van der Waals surface area (Å²) in [6.07, 6.45) is 0. The van der Waals surface area contributed by atoms with E-state index in [0.717, 1.165) is 17.4 Å². The number of hydrogen-bond acceptors (Lipinski definition) is 5. The zero-order chi connectivity index (χ0) is 18.3. The van der Waals surface area contributed by atoms with Crippen LogP contribution in [0, 0.1) is 13.8 Å². The summed E-state index contributed by atoms with van der Waals surface area (Å²) < 4.78 is 23.7. The van der Waals surface area contributed by atoms with Gasteiger partial charge in [0.25, 0.3) is 0 Å². The summed E-state index contributed by atoms with van der Waals surface area (Å²) in [6, 6.07) is 16.7. The average Bonchev–Trinajstić information content (AvgIpc) is 3.09. The van der Waals surface area contributed by atoms with E-state index >= 15 is 0 Å². The van der Waals surface area contributed by atoms with Crippen LogP contribution in [0.3, 0.4) is 0 Å². The standard InChI is InChI=1S/C20H22N2O2S2/c1-14-8-9-17(10-15(14)2)22(11-16-6-4-3-5-7-16)20-21-18-12-26(23,24)13-19(18)25-20/h3-10,18-19H,11-13H2,1-2H3/t18-,19+/m0/s1. The third-order valence-corrected chi connectivity index (χ3v) is 8.27. The van der Waals surface area contributed by atoms with E-state index in [1.54, 1.807) is 11.8 Å². The number of aliphatic imine (C=N–C) groups is 1. The molecule has 2 aliphatic rings. The smallest absolute Gasteiger partial charge is 0.164 e. The number of aryl methyl sites for hydroxylation is 2. The molecule has 136 valence electrons. The first kappa shape index (κ1) is 17.6. The van der Waals surface area contributed by atoms with Crippen molar-refractivity contribution in [2.75, 3.05) is 16.4 Å². The SMILES string of the molecule is Cc1ccc(N(Cc2ccccc2)C2=N[C@H]3CS(=O)(=O)C[C@H]3S2)cc1C. The van der Waals surface area contributed by atoms with Crippen molar-refractivity contribution in [2.45, 2.75) is 31.7 Å². The molecular formula is C20H22N2O2S2. The molecule has 4 rings (SSSR count). The lowest BCUT2D eigenvalue weighted by molar-refractivity contribution is 0.601. The van der Waals surface area contributed by atoms with E-state index in [1.165, 1.54) is 16.7 Å². The number of hydrogen-bond donors (Lipinski definition) is 0. The Labute approximate surface area is 159 Å². The highest BCUT2D eigenvalue weighted by Crippen LogP contribution is 2.37. The third-order valence-electron chi connectivity index (χ3n) is 5.02. The van der Waals surface area contributed by atoms with Crippen molar-refractivity contribution in [3.05, 3.63) is 65.2 Å². The first-order valence-electron chi connectivity index (χ1n) is 8.75. The molecule has 26 heavy (non-hydrogen) atoms. The second-order valence-corrected chi connectivity index (χ2v) is 10.4. The van der Waals surface area contributed by atoms with Crippen LogP contribution in [0.25, 0.3) is 0 Å². The van der Waals surface area contributed by atoms with Gasteiger partial charge in [0.15, 0.2) is 15.0 Å². The van der Waals surface area contributed by atoms with Gasteiger partial charge >= 0.3 is 0 Å². The zero-order valence-corrected chi connectivity index (χ0v) is 16.6. The molecule has 2 aromatic carbocycles. The minimum absolute atomic E-state index is 0.0554. The van der Waals surface area contributed by atoms with Gasteiger partial charge in [0.2, 0.25) is 0 Å². The van der Waals surface area contributed by atoms with Crippen LogP contribution < -0.4 is 4.90 Å². The maximum absolute atomic E-state index is 11.9. The molecule has 2 heterocycles. The largest absolute Gasteiger partial charge is 0.317 e. The van der Waals surface area contributed by atoms with E-state index in [1.807, 2.05) is 18.2 Å². The third kappa shape index (κ3) is 3.53. The monoisotopic (exact) mass is 386 g/mol. The Balaban J connectivity index is 1.68. The molecule has 0 unspecified atom stereocenters. The van der Waals surface area contributed by atoms with E-state index in [9.17, 15) is 8.42 Å². The van der Waals surface area contributed by atoms with Crippen molar-refractivity contribution in [3.8, 4) is 0 Å². The summed E-state index contributed by atoms with van der Waals surface area (Å²) in [5.74, 6) is 0.418. The number of benzene rings is 2. The molecule has 2 aliphatic heterocycles. The number of nitrogens with zero attached hydrogens (tertiary/aromatic N) is 2. The molecule has 0 bridgehead atoms. The summed E-state index contributed by atoms with van der Waals surface area (Å²) in [5.41, 5.74) is 4.81. The highest BCUT2D eigenvalue weighted by atomic mass is 32.2. The summed E-state index contributed by atoms with van der Waals surface area (Å²) in [5, 5.41) is 0.988. The van der Waals surface area contributed by atoms with Gasteiger partial charge < -0.3 is 4.90 Å². The number of thioether (sulfide) groups is 1. The highest BCUT2D eigenvalue weighted by Gasteiger charge is 2.44. The number of amidine groups is 1. The number of rotatable bonds is 3. The van der Waals surface area contributed by atoms with Gasteiger partial charge in [-0.1, -0.05) is 48.2 Å². The molecule has 1 fully saturated rings. The Kier molecular flexibility index (Phi) is 4.57. The van der Waals surface area contributed by atoms with Crippen molar-refractivity contribution in [1.82, 2.24) is 0 Å². The van der Waals surface area contributed by atoms with Gasteiger partial charge in [-0.25, -0.2) is 8.42 Å². The summed E-state index contributed by atoms with van der Waals surface area (Å²) in [4.78, 5) is 7.02. The van der Waals surface area contributed by atoms with Crippen molar-refractivity contribution in [1.29, 1.82) is 0 Å². The van der Waals surface area contributed by atoms with E-state index in [4.69, 9.17) is 4.99 Å². The Morgan fingerprint density at radius 2 is 1.85 bits per heavy atom. The molecular weight excluding hydrogens is 364 g/mol. The van der Waals surface area contributed by atoms with Gasteiger partial charge in [-0.2, -0.15) is 0 Å². The molecule has 0 radical (unpaired) electrons. The quantitative estimate of drug-likeness (QED) is 0.809. The van der Waals surface area contributed by atoms with Crippen LogP contribution in [0.2, 0.25) is 0 Å². The maximum atomic E-state index is 11.9. The predicted octanol–water partition coefficient (Wildman–Crippen LogP) is 3.58. The number of sulfone groups is 1. The number of anilines is 1. The molecule has 2 atom stereocenters. The maximum Gasteiger partial charge on any atom is 0.164 e. The molecule has 6 heteroatoms. The molecule has 0 amide bonds. The minimum atomic E-state index is -2.94. The van der Waals surface area contributed by atoms with Crippen molar-refractivity contribution in [3.63, 3.8) is 0 Å². The van der Waals surface area contributed by atoms with Gasteiger partial charge in [0, 0.05) is 10.9 Å². The second kappa shape index (κ2) is 6.74. The Morgan fingerprint density at radius 1 is 1.08 bits per heavy atom. The molecule has 4 nitrogen and oxygen atoms in total. The zero-order valence-electron chi connectivity index (χ0n) is 14.9. The molecule has 0 saturated carbocycles. The minimum Gasteiger partial charge on any atom is -0.317 e. The fraction of sp³-hybridized carbons (Fsp3) is 0.350. The molecule has 0 spiro atoms. The van der Waals surface area contributed by atoms with Crippen LogP contribution in [0.5, 0.6) is 0 Å². The lowest BCUT2D eigenvalue weighted by Gasteiger charge is -2.25. The van der Waals surface area contributed by atoms with Crippen LogP contribution in [0.1, 0.15) is 16.7 Å². The second-order valence-electron chi connectivity index (χ2n) is 7.05. The fourth-order valence-electron chi connectivity index (χ4n) is 3.40. The first-order valence-corrected chi connectivity index (χ1v) is 11.4. The highest BCUT2D eigenvalue weighted by molar-refractivity contribution is 8.15. The molecule has 0 N–H and O–H groups in total. The van der Waals surface area contributed by atoms with Gasteiger partial charge in [-0.15, -0.1) is 0 Å². The van der Waals surface area contributed by atoms with Gasteiger partial charge in [-0.05, 0) is 42.7 Å². The van der Waals surface area contributed by atoms with Crippen LogP contribution in [0.4, 0.5) is 5.69 Å². The lowest BCUT2D eigenvalue weighted by atomic mass is 10.1. The lowest BCUT2D eigenvalue weighted by Crippen LogP contribution is -2.28. The summed E-state index contributed by atoms with van der Waals surface area (Å²) in [7, 11) is -2.94. The summed E-state index contributed by atoms with van der Waals surface area (Å²) >= 11 is 1.61. The van der Waals surface area contributed by atoms with Crippen molar-refractivity contribution < 1.29 is 8.42 Å². The molecule has 2 aromatic rings. The van der Waals surface area contributed by atoms with Crippen molar-refractivity contribution >= 4 is 32.5 Å². The first-order chi connectivity index (χ1) is 12.4. The van der Waals surface area contributed by atoms with E-state index in [2.05, 4.69) is 49.1 Å². The predicted molar refractivity (Wildman–Crippen MR) is 110 cm³/mol. The molecule has 1 saturated heterocycles. The Hall–Kier alpha value is -1.79. The normalized spacial score (nSPS) is 23.5. The van der Waals surface area contributed by atoms with Crippen LogP contribution in [0.15, 0.2) is 53.5 Å². The van der Waals surface area contributed by atoms with Crippen molar-refractivity contribution in [2.24, 2.45) is 4.99 Å². The van der Waals surface area contributed by atoms with E-state index in [0.29, 0.717) is 0 Å². The Morgan fingerprint density at radius 3 is 2.54 bits per heavy atom. The van der Waals surface area contributed by atoms with Crippen LogP contribution >= 0.6 is 11.8 Å².